The highest BCUT2D eigenvalue weighted by Gasteiger charge is 2.46. The summed E-state index contributed by atoms with van der Waals surface area (Å²) >= 11 is 0. The largest absolute Gasteiger partial charge is 0.507 e. The normalized spacial score (nSPS) is 19.8. The lowest BCUT2D eigenvalue weighted by atomic mass is 9.96. The van der Waals surface area contributed by atoms with Crippen LogP contribution in [0.2, 0.25) is 0 Å². The van der Waals surface area contributed by atoms with Crippen LogP contribution in [0.1, 0.15) is 23.6 Å². The molecule has 0 spiro atoms. The second-order valence-electron chi connectivity index (χ2n) is 7.79. The molecular formula is C23H25N3O5. The topological polar surface area (TPSA) is 92.2 Å². The van der Waals surface area contributed by atoms with Crippen LogP contribution in [0.3, 0.4) is 0 Å². The molecule has 3 heterocycles. The van der Waals surface area contributed by atoms with Crippen molar-refractivity contribution in [3.63, 3.8) is 0 Å². The number of carbonyl (C=O) groups is 2. The quantitative estimate of drug-likeness (QED) is 0.433. The Hall–Kier alpha value is -3.39. The number of nitrogens with zero attached hydrogens (tertiary/aromatic N) is 3. The standard InChI is InChI=1S/C23H25N3O5/c1-25(2)9-4-10-26-20(16-5-3-8-24-14-16)19(22(28)23(26)29)21(27)15-6-7-17-18(13-15)31-12-11-30-17/h3,5-8,13-14,20,27H,4,9-12H2,1-2H3/b21-19+/t20-/m1/s1. The Balaban J connectivity index is 1.76. The molecule has 8 nitrogen and oxygen atoms in total. The van der Waals surface area contributed by atoms with E-state index in [1.165, 1.54) is 4.90 Å². The van der Waals surface area contributed by atoms with Crippen molar-refractivity contribution >= 4 is 17.4 Å². The highest BCUT2D eigenvalue weighted by atomic mass is 16.6. The van der Waals surface area contributed by atoms with Crippen molar-refractivity contribution in [3.8, 4) is 11.5 Å². The molecule has 1 saturated heterocycles. The van der Waals surface area contributed by atoms with Crippen LogP contribution in [0.25, 0.3) is 5.76 Å². The Kier molecular flexibility index (Phi) is 5.90. The average Bonchev–Trinajstić information content (AvgIpc) is 3.03. The third-order valence-electron chi connectivity index (χ3n) is 5.36. The zero-order valence-corrected chi connectivity index (χ0v) is 17.6. The summed E-state index contributed by atoms with van der Waals surface area (Å²) in [4.78, 5) is 33.6. The van der Waals surface area contributed by atoms with Gasteiger partial charge in [0.15, 0.2) is 11.5 Å². The molecule has 1 atom stereocenters. The molecule has 1 aromatic heterocycles. The molecule has 0 unspecified atom stereocenters. The van der Waals surface area contributed by atoms with E-state index in [2.05, 4.69) is 4.98 Å². The molecule has 8 heteroatoms. The number of aromatic nitrogens is 1. The molecule has 2 aliphatic heterocycles. The molecule has 162 valence electrons. The fourth-order valence-electron chi connectivity index (χ4n) is 3.90. The monoisotopic (exact) mass is 423 g/mol. The van der Waals surface area contributed by atoms with E-state index in [0.29, 0.717) is 48.8 Å². The van der Waals surface area contributed by atoms with E-state index in [1.54, 1.807) is 42.7 Å². The van der Waals surface area contributed by atoms with Gasteiger partial charge < -0.3 is 24.4 Å². The van der Waals surface area contributed by atoms with Crippen molar-refractivity contribution < 1.29 is 24.2 Å². The smallest absolute Gasteiger partial charge is 0.295 e. The number of carbonyl (C=O) groups excluding carboxylic acids is 2. The second-order valence-corrected chi connectivity index (χ2v) is 7.79. The van der Waals surface area contributed by atoms with Crippen LogP contribution >= 0.6 is 0 Å². The summed E-state index contributed by atoms with van der Waals surface area (Å²) in [6.07, 6.45) is 3.94. The van der Waals surface area contributed by atoms with Crippen molar-refractivity contribution in [3.05, 3.63) is 59.4 Å². The molecule has 2 aromatic rings. The first-order valence-electron chi connectivity index (χ1n) is 10.2. The van der Waals surface area contributed by atoms with Crippen LogP contribution in [-0.2, 0) is 9.59 Å². The number of hydrogen-bond acceptors (Lipinski definition) is 7. The minimum atomic E-state index is -0.705. The third kappa shape index (κ3) is 4.11. The molecule has 1 fully saturated rings. The zero-order chi connectivity index (χ0) is 22.0. The Morgan fingerprint density at radius 3 is 2.68 bits per heavy atom. The number of aliphatic hydroxyl groups excluding tert-OH is 1. The van der Waals surface area contributed by atoms with Crippen LogP contribution in [-0.4, -0.2) is 72.0 Å². The zero-order valence-electron chi connectivity index (χ0n) is 17.6. The fraction of sp³-hybridized carbons (Fsp3) is 0.348. The van der Waals surface area contributed by atoms with Crippen LogP contribution in [0.15, 0.2) is 48.3 Å². The number of fused-ring (bicyclic) bond motifs is 1. The molecule has 2 aliphatic rings. The van der Waals surface area contributed by atoms with Gasteiger partial charge in [-0.05, 0) is 56.9 Å². The molecule has 1 aromatic carbocycles. The van der Waals surface area contributed by atoms with E-state index in [1.807, 2.05) is 19.0 Å². The maximum Gasteiger partial charge on any atom is 0.295 e. The Morgan fingerprint density at radius 2 is 1.97 bits per heavy atom. The molecular weight excluding hydrogens is 398 g/mol. The summed E-state index contributed by atoms with van der Waals surface area (Å²) < 4.78 is 11.1. The number of aliphatic hydroxyl groups is 1. The minimum absolute atomic E-state index is 0.0551. The van der Waals surface area contributed by atoms with Gasteiger partial charge in [0.25, 0.3) is 11.7 Å². The summed E-state index contributed by atoms with van der Waals surface area (Å²) in [7, 11) is 3.91. The number of ether oxygens (including phenoxy) is 2. The van der Waals surface area contributed by atoms with E-state index in [9.17, 15) is 14.7 Å². The summed E-state index contributed by atoms with van der Waals surface area (Å²) in [6, 6.07) is 7.82. The van der Waals surface area contributed by atoms with Gasteiger partial charge in [-0.25, -0.2) is 0 Å². The summed E-state index contributed by atoms with van der Waals surface area (Å²) in [5.41, 5.74) is 1.12. The van der Waals surface area contributed by atoms with Gasteiger partial charge in [0.2, 0.25) is 0 Å². The van der Waals surface area contributed by atoms with Crippen molar-refractivity contribution in [1.82, 2.24) is 14.8 Å². The second kappa shape index (κ2) is 8.77. The number of ketones is 1. The molecule has 0 bridgehead atoms. The lowest BCUT2D eigenvalue weighted by molar-refractivity contribution is -0.139. The highest BCUT2D eigenvalue weighted by Crippen LogP contribution is 2.40. The number of pyridine rings is 1. The summed E-state index contributed by atoms with van der Waals surface area (Å²) in [5, 5.41) is 11.1. The number of Topliss-reactive ketones (excluding diaryl/α,β-unsaturated/α-hetero) is 1. The van der Waals surface area contributed by atoms with Crippen LogP contribution in [0.4, 0.5) is 0 Å². The van der Waals surface area contributed by atoms with Crippen LogP contribution < -0.4 is 9.47 Å². The summed E-state index contributed by atoms with van der Waals surface area (Å²) in [5.74, 6) is -0.485. The van der Waals surface area contributed by atoms with E-state index < -0.39 is 17.7 Å². The lowest BCUT2D eigenvalue weighted by Gasteiger charge is -2.25. The van der Waals surface area contributed by atoms with E-state index in [0.717, 1.165) is 6.54 Å². The molecule has 0 radical (unpaired) electrons. The highest BCUT2D eigenvalue weighted by molar-refractivity contribution is 6.46. The van der Waals surface area contributed by atoms with Gasteiger partial charge in [0, 0.05) is 24.5 Å². The Bertz CT molecular complexity index is 1020. The van der Waals surface area contributed by atoms with Crippen molar-refractivity contribution in [2.24, 2.45) is 0 Å². The SMILES string of the molecule is CN(C)CCCN1C(=O)C(=O)/C(=C(/O)c2ccc3c(c2)OCCO3)[C@H]1c1cccnc1. The van der Waals surface area contributed by atoms with Crippen LogP contribution in [0, 0.1) is 0 Å². The summed E-state index contributed by atoms with van der Waals surface area (Å²) in [6.45, 7) is 2.02. The predicted octanol–water partition coefficient (Wildman–Crippen LogP) is 2.23. The van der Waals surface area contributed by atoms with Gasteiger partial charge in [-0.3, -0.25) is 14.6 Å². The van der Waals surface area contributed by atoms with Gasteiger partial charge in [-0.2, -0.15) is 0 Å². The lowest BCUT2D eigenvalue weighted by Crippen LogP contribution is -2.32. The first kappa shape index (κ1) is 20.9. The molecule has 31 heavy (non-hydrogen) atoms. The number of benzene rings is 1. The van der Waals surface area contributed by atoms with Crippen molar-refractivity contribution in [2.75, 3.05) is 40.4 Å². The Morgan fingerprint density at radius 1 is 1.19 bits per heavy atom. The van der Waals surface area contributed by atoms with Gasteiger partial charge in [-0.1, -0.05) is 6.07 Å². The third-order valence-corrected chi connectivity index (χ3v) is 5.36. The fourth-order valence-corrected chi connectivity index (χ4v) is 3.90. The molecule has 0 aliphatic carbocycles. The van der Waals surface area contributed by atoms with Crippen LogP contribution in [0.5, 0.6) is 11.5 Å². The van der Waals surface area contributed by atoms with Crippen molar-refractivity contribution in [1.29, 1.82) is 0 Å². The first-order valence-corrected chi connectivity index (χ1v) is 10.2. The average molecular weight is 423 g/mol. The number of rotatable bonds is 6. The van der Waals surface area contributed by atoms with E-state index in [-0.39, 0.29) is 11.3 Å². The number of hydrogen-bond donors (Lipinski definition) is 1. The van der Waals surface area contributed by atoms with E-state index in [4.69, 9.17) is 9.47 Å². The van der Waals surface area contributed by atoms with Gasteiger partial charge in [0.1, 0.15) is 19.0 Å². The molecule has 0 saturated carbocycles. The first-order chi connectivity index (χ1) is 15.0. The molecule has 1 amide bonds. The van der Waals surface area contributed by atoms with Crippen molar-refractivity contribution in [2.45, 2.75) is 12.5 Å². The molecule has 1 N–H and O–H groups in total. The number of amides is 1. The predicted molar refractivity (Wildman–Crippen MR) is 114 cm³/mol. The van der Waals surface area contributed by atoms with Gasteiger partial charge >= 0.3 is 0 Å². The maximum absolute atomic E-state index is 13.0. The molecule has 4 rings (SSSR count). The van der Waals surface area contributed by atoms with E-state index >= 15 is 0 Å². The minimum Gasteiger partial charge on any atom is -0.507 e. The number of likely N-dealkylation sites (tertiary alicyclic amines) is 1. The Labute approximate surface area is 180 Å². The van der Waals surface area contributed by atoms with Gasteiger partial charge in [0.05, 0.1) is 11.6 Å². The van der Waals surface area contributed by atoms with Gasteiger partial charge in [-0.15, -0.1) is 0 Å². The maximum atomic E-state index is 13.0.